The molecule has 1 unspecified atom stereocenters. The van der Waals surface area contributed by atoms with Crippen molar-refractivity contribution in [3.05, 3.63) is 82.2 Å². The van der Waals surface area contributed by atoms with Crippen LogP contribution in [0.1, 0.15) is 11.1 Å². The molecule has 0 saturated carbocycles. The smallest absolute Gasteiger partial charge is 0.183 e. The fourth-order valence-corrected chi connectivity index (χ4v) is 3.08. The zero-order valence-electron chi connectivity index (χ0n) is 15.2. The Morgan fingerprint density at radius 2 is 1.61 bits per heavy atom. The van der Waals surface area contributed by atoms with E-state index in [0.29, 0.717) is 6.61 Å². The summed E-state index contributed by atoms with van der Waals surface area (Å²) in [4.78, 5) is 2.86. The first kappa shape index (κ1) is 20.3. The largest absolute Gasteiger partial charge is 0.385 e. The molecule has 0 amide bonds. The molecule has 1 fully saturated rings. The highest BCUT2D eigenvalue weighted by atomic mass is 16.7. The summed E-state index contributed by atoms with van der Waals surface area (Å²) in [6, 6.07) is 18.3. The van der Waals surface area contributed by atoms with E-state index in [2.05, 4.69) is 10.0 Å². The molecule has 1 saturated heterocycles. The number of hydrogen-bond acceptors (Lipinski definition) is 6. The molecule has 2 aromatic rings. The zero-order valence-corrected chi connectivity index (χ0v) is 15.2. The van der Waals surface area contributed by atoms with E-state index in [-0.39, 0.29) is 13.2 Å². The lowest BCUT2D eigenvalue weighted by Gasteiger charge is -2.25. The number of benzene rings is 2. The lowest BCUT2D eigenvalue weighted by molar-refractivity contribution is -0.133. The Balaban J connectivity index is 1.63. The van der Waals surface area contributed by atoms with E-state index in [1.54, 1.807) is 0 Å². The number of azide groups is 1. The van der Waals surface area contributed by atoms with Crippen molar-refractivity contribution in [2.24, 2.45) is 5.11 Å². The van der Waals surface area contributed by atoms with Crippen LogP contribution >= 0.6 is 0 Å². The maximum atomic E-state index is 10.3. The normalized spacial score (nSPS) is 25.2. The van der Waals surface area contributed by atoms with E-state index in [1.807, 2.05) is 60.7 Å². The molecule has 2 N–H and O–H groups in total. The summed E-state index contributed by atoms with van der Waals surface area (Å²) in [5, 5.41) is 23.9. The number of ether oxygens (including phenoxy) is 3. The van der Waals surface area contributed by atoms with Crippen molar-refractivity contribution >= 4 is 0 Å². The van der Waals surface area contributed by atoms with E-state index in [0.717, 1.165) is 11.1 Å². The van der Waals surface area contributed by atoms with Crippen molar-refractivity contribution in [1.82, 2.24) is 0 Å². The molecule has 1 heterocycles. The Morgan fingerprint density at radius 1 is 1.00 bits per heavy atom. The molecule has 3 rings (SSSR count). The molecule has 8 nitrogen and oxygen atoms in total. The van der Waals surface area contributed by atoms with Crippen LogP contribution in [0.25, 0.3) is 10.4 Å². The van der Waals surface area contributed by atoms with Crippen LogP contribution in [0, 0.1) is 0 Å². The Kier molecular flexibility index (Phi) is 7.39. The van der Waals surface area contributed by atoms with Gasteiger partial charge in [0.1, 0.15) is 18.3 Å². The standard InChI is InChI=1S/C20H23N3O5/c21-23-22-16(13-26-11-14-7-3-1-4-8-14)18-19(17(24)20(25)28-18)27-12-15-9-5-2-6-10-15/h1-10,16-20,24-25H,11-13H2/t16-,17+,18+,19-,20?/m1/s1. The molecule has 0 bridgehead atoms. The summed E-state index contributed by atoms with van der Waals surface area (Å²) >= 11 is 0. The fourth-order valence-electron chi connectivity index (χ4n) is 3.08. The van der Waals surface area contributed by atoms with E-state index in [4.69, 9.17) is 19.7 Å². The molecule has 2 aromatic carbocycles. The van der Waals surface area contributed by atoms with Crippen LogP contribution in [0.15, 0.2) is 65.8 Å². The zero-order chi connectivity index (χ0) is 19.8. The van der Waals surface area contributed by atoms with Crippen molar-refractivity contribution in [1.29, 1.82) is 0 Å². The van der Waals surface area contributed by atoms with Gasteiger partial charge in [-0.2, -0.15) is 0 Å². The van der Waals surface area contributed by atoms with E-state index < -0.39 is 30.6 Å². The van der Waals surface area contributed by atoms with Gasteiger partial charge in [0.05, 0.1) is 25.9 Å². The highest BCUT2D eigenvalue weighted by Crippen LogP contribution is 2.28. The Morgan fingerprint density at radius 3 is 2.21 bits per heavy atom. The van der Waals surface area contributed by atoms with Crippen LogP contribution in [-0.4, -0.2) is 47.5 Å². The molecule has 28 heavy (non-hydrogen) atoms. The van der Waals surface area contributed by atoms with Crippen LogP contribution in [0.4, 0.5) is 0 Å². The first-order valence-corrected chi connectivity index (χ1v) is 9.02. The van der Waals surface area contributed by atoms with Gasteiger partial charge in [-0.3, -0.25) is 0 Å². The quantitative estimate of drug-likeness (QED) is 0.391. The third kappa shape index (κ3) is 5.30. The average molecular weight is 385 g/mol. The first-order valence-electron chi connectivity index (χ1n) is 9.02. The van der Waals surface area contributed by atoms with Crippen molar-refractivity contribution in [2.75, 3.05) is 6.61 Å². The Hall–Kier alpha value is -2.45. The van der Waals surface area contributed by atoms with Crippen molar-refractivity contribution in [2.45, 2.75) is 43.9 Å². The summed E-state index contributed by atoms with van der Waals surface area (Å²) < 4.78 is 16.9. The summed E-state index contributed by atoms with van der Waals surface area (Å²) in [7, 11) is 0. The number of aliphatic hydroxyl groups excluding tert-OH is 2. The van der Waals surface area contributed by atoms with Crippen molar-refractivity contribution < 1.29 is 24.4 Å². The van der Waals surface area contributed by atoms with Crippen LogP contribution in [0.2, 0.25) is 0 Å². The van der Waals surface area contributed by atoms with Crippen LogP contribution in [0.5, 0.6) is 0 Å². The highest BCUT2D eigenvalue weighted by Gasteiger charge is 2.47. The summed E-state index contributed by atoms with van der Waals surface area (Å²) in [5.41, 5.74) is 10.8. The third-order valence-corrected chi connectivity index (χ3v) is 4.51. The first-order chi connectivity index (χ1) is 13.7. The third-order valence-electron chi connectivity index (χ3n) is 4.51. The van der Waals surface area contributed by atoms with Gasteiger partial charge in [0, 0.05) is 4.91 Å². The fraction of sp³-hybridized carbons (Fsp3) is 0.400. The molecule has 5 atom stereocenters. The second-order valence-electron chi connectivity index (χ2n) is 6.52. The van der Waals surface area contributed by atoms with E-state index >= 15 is 0 Å². The molecule has 148 valence electrons. The lowest BCUT2D eigenvalue weighted by atomic mass is 10.0. The van der Waals surface area contributed by atoms with Crippen LogP contribution in [0.3, 0.4) is 0 Å². The molecule has 0 aromatic heterocycles. The van der Waals surface area contributed by atoms with Crippen LogP contribution in [-0.2, 0) is 27.4 Å². The second kappa shape index (κ2) is 10.2. The van der Waals surface area contributed by atoms with Gasteiger partial charge in [-0.05, 0) is 16.7 Å². The van der Waals surface area contributed by atoms with Crippen molar-refractivity contribution in [3.63, 3.8) is 0 Å². The number of nitrogens with zero attached hydrogens (tertiary/aromatic N) is 3. The van der Waals surface area contributed by atoms with Crippen molar-refractivity contribution in [3.8, 4) is 0 Å². The van der Waals surface area contributed by atoms with Gasteiger partial charge < -0.3 is 24.4 Å². The van der Waals surface area contributed by atoms with Gasteiger partial charge in [0.25, 0.3) is 0 Å². The minimum Gasteiger partial charge on any atom is -0.385 e. The van der Waals surface area contributed by atoms with Gasteiger partial charge in [-0.1, -0.05) is 65.8 Å². The van der Waals surface area contributed by atoms with Gasteiger partial charge >= 0.3 is 0 Å². The van der Waals surface area contributed by atoms with Gasteiger partial charge in [-0.15, -0.1) is 0 Å². The molecule has 0 radical (unpaired) electrons. The van der Waals surface area contributed by atoms with Crippen LogP contribution < -0.4 is 0 Å². The van der Waals surface area contributed by atoms with Gasteiger partial charge in [0.2, 0.25) is 0 Å². The maximum Gasteiger partial charge on any atom is 0.183 e. The number of aliphatic hydroxyl groups is 2. The predicted octanol–water partition coefficient (Wildman–Crippen LogP) is 2.55. The molecule has 0 spiro atoms. The molecule has 1 aliphatic rings. The lowest BCUT2D eigenvalue weighted by Crippen LogP contribution is -2.42. The maximum absolute atomic E-state index is 10.3. The van der Waals surface area contributed by atoms with E-state index in [9.17, 15) is 10.2 Å². The molecule has 0 aliphatic carbocycles. The monoisotopic (exact) mass is 385 g/mol. The SMILES string of the molecule is [N-]=[N+]=N[C@H](COCc1ccccc1)[C@@H]1OC(O)[C@@H](O)[C@H]1OCc1ccccc1. The molecule has 1 aliphatic heterocycles. The number of rotatable bonds is 9. The Bertz CT molecular complexity index is 770. The molecular formula is C20H23N3O5. The van der Waals surface area contributed by atoms with E-state index in [1.165, 1.54) is 0 Å². The minimum absolute atomic E-state index is 0.0637. The summed E-state index contributed by atoms with van der Waals surface area (Å²) in [5.74, 6) is 0. The minimum atomic E-state index is -1.42. The summed E-state index contributed by atoms with van der Waals surface area (Å²) in [6.07, 6.45) is -4.36. The van der Waals surface area contributed by atoms with Gasteiger partial charge in [0.15, 0.2) is 6.29 Å². The second-order valence-corrected chi connectivity index (χ2v) is 6.52. The topological polar surface area (TPSA) is 117 Å². The highest BCUT2D eigenvalue weighted by molar-refractivity contribution is 5.14. The number of hydrogen-bond donors (Lipinski definition) is 2. The van der Waals surface area contributed by atoms with Gasteiger partial charge in [-0.25, -0.2) is 0 Å². The summed E-state index contributed by atoms with van der Waals surface area (Å²) in [6.45, 7) is 0.628. The molecule has 8 heteroatoms. The predicted molar refractivity (Wildman–Crippen MR) is 101 cm³/mol. The molecular weight excluding hydrogens is 362 g/mol. The Labute approximate surface area is 162 Å². The average Bonchev–Trinajstić information content (AvgIpc) is 3.01.